The lowest BCUT2D eigenvalue weighted by atomic mass is 10.1. The van der Waals surface area contributed by atoms with Gasteiger partial charge in [-0.2, -0.15) is 0 Å². The number of nitrogens with one attached hydrogen (secondary N) is 1. The van der Waals surface area contributed by atoms with Crippen LogP contribution in [0, 0.1) is 0 Å². The first-order chi connectivity index (χ1) is 11.8. The standard InChI is InChI=1S/C17H23NO7/c1-4-6-13-7-5-8-14(9-13)25-15(16(20)21)10-18-17(22)24-12(3)23-11(2)19/h5,7-9,12,15H,4,6,10H2,1-3H3,(H,18,22)(H,20,21)/t12-,15-/m0/s1. The molecule has 0 aliphatic heterocycles. The highest BCUT2D eigenvalue weighted by molar-refractivity contribution is 5.75. The molecule has 138 valence electrons. The number of hydrogen-bond donors (Lipinski definition) is 2. The molecule has 0 aliphatic rings. The van der Waals surface area contributed by atoms with Gasteiger partial charge in [-0.25, -0.2) is 9.59 Å². The third kappa shape index (κ3) is 8.05. The number of carboxylic acid groups (broad SMARTS) is 1. The first-order valence-electron chi connectivity index (χ1n) is 7.92. The molecule has 1 aromatic carbocycles. The summed E-state index contributed by atoms with van der Waals surface area (Å²) in [7, 11) is 0. The molecule has 0 bridgehead atoms. The second kappa shape index (κ2) is 10.2. The van der Waals surface area contributed by atoms with Gasteiger partial charge in [0.2, 0.25) is 12.4 Å². The highest BCUT2D eigenvalue weighted by atomic mass is 16.7. The monoisotopic (exact) mass is 353 g/mol. The second-order valence-corrected chi connectivity index (χ2v) is 5.31. The number of carbonyl (C=O) groups excluding carboxylic acids is 2. The summed E-state index contributed by atoms with van der Waals surface area (Å²) < 4.78 is 14.8. The van der Waals surface area contributed by atoms with Crippen molar-refractivity contribution in [3.05, 3.63) is 29.8 Å². The topological polar surface area (TPSA) is 111 Å². The summed E-state index contributed by atoms with van der Waals surface area (Å²) in [5.41, 5.74) is 1.03. The maximum atomic E-state index is 11.6. The molecule has 8 heteroatoms. The smallest absolute Gasteiger partial charge is 0.410 e. The van der Waals surface area contributed by atoms with Gasteiger partial charge in [-0.3, -0.25) is 4.79 Å². The van der Waals surface area contributed by atoms with Gasteiger partial charge in [-0.15, -0.1) is 0 Å². The van der Waals surface area contributed by atoms with E-state index < -0.39 is 30.4 Å². The number of aliphatic carboxylic acids is 1. The van der Waals surface area contributed by atoms with E-state index in [-0.39, 0.29) is 6.54 Å². The lowest BCUT2D eigenvalue weighted by molar-refractivity contribution is -0.162. The molecule has 0 aromatic heterocycles. The number of carboxylic acids is 1. The number of alkyl carbamates (subject to hydrolysis) is 1. The van der Waals surface area contributed by atoms with Gasteiger partial charge >= 0.3 is 18.0 Å². The zero-order valence-corrected chi connectivity index (χ0v) is 14.5. The van der Waals surface area contributed by atoms with Gasteiger partial charge in [-0.1, -0.05) is 25.5 Å². The van der Waals surface area contributed by atoms with Crippen LogP contribution in [0.5, 0.6) is 5.75 Å². The van der Waals surface area contributed by atoms with Crippen LogP contribution in [-0.4, -0.2) is 42.1 Å². The van der Waals surface area contributed by atoms with E-state index in [0.29, 0.717) is 5.75 Å². The lowest BCUT2D eigenvalue weighted by Gasteiger charge is -2.17. The third-order valence-electron chi connectivity index (χ3n) is 3.03. The van der Waals surface area contributed by atoms with Crippen LogP contribution < -0.4 is 10.1 Å². The van der Waals surface area contributed by atoms with E-state index in [0.717, 1.165) is 18.4 Å². The number of rotatable bonds is 9. The summed E-state index contributed by atoms with van der Waals surface area (Å²) in [6.45, 7) is 4.28. The van der Waals surface area contributed by atoms with Crippen LogP contribution in [0.3, 0.4) is 0 Å². The molecule has 0 unspecified atom stereocenters. The molecule has 0 heterocycles. The molecule has 8 nitrogen and oxygen atoms in total. The van der Waals surface area contributed by atoms with Gasteiger partial charge in [0.25, 0.3) is 0 Å². The van der Waals surface area contributed by atoms with Gasteiger partial charge in [0.05, 0.1) is 6.54 Å². The highest BCUT2D eigenvalue weighted by Crippen LogP contribution is 2.16. The Morgan fingerprint density at radius 1 is 1.24 bits per heavy atom. The van der Waals surface area contributed by atoms with Crippen LogP contribution >= 0.6 is 0 Å². The van der Waals surface area contributed by atoms with Crippen LogP contribution in [-0.2, 0) is 25.5 Å². The fraction of sp³-hybridized carbons (Fsp3) is 0.471. The summed E-state index contributed by atoms with van der Waals surface area (Å²) in [6.07, 6.45) is -1.46. The van der Waals surface area contributed by atoms with Gasteiger partial charge < -0.3 is 24.6 Å². The molecule has 2 atom stereocenters. The largest absolute Gasteiger partial charge is 0.478 e. The molecule has 0 aliphatic carbocycles. The van der Waals surface area contributed by atoms with E-state index in [4.69, 9.17) is 9.47 Å². The van der Waals surface area contributed by atoms with Crippen molar-refractivity contribution in [3.63, 3.8) is 0 Å². The molecule has 1 aromatic rings. The van der Waals surface area contributed by atoms with Gasteiger partial charge in [0, 0.05) is 13.8 Å². The van der Waals surface area contributed by atoms with Crippen molar-refractivity contribution in [1.82, 2.24) is 5.32 Å². The Kier molecular flexibility index (Phi) is 8.25. The van der Waals surface area contributed by atoms with E-state index in [2.05, 4.69) is 10.1 Å². The molecule has 2 N–H and O–H groups in total. The number of benzene rings is 1. The molecule has 1 amide bonds. The highest BCUT2D eigenvalue weighted by Gasteiger charge is 2.22. The van der Waals surface area contributed by atoms with E-state index >= 15 is 0 Å². The van der Waals surface area contributed by atoms with Crippen LogP contribution in [0.2, 0.25) is 0 Å². The van der Waals surface area contributed by atoms with Crippen molar-refractivity contribution in [1.29, 1.82) is 0 Å². The molecular formula is C17H23NO7. The molecule has 0 saturated carbocycles. The first kappa shape index (κ1) is 20.3. The summed E-state index contributed by atoms with van der Waals surface area (Å²) in [5, 5.41) is 11.5. The maximum absolute atomic E-state index is 11.6. The zero-order chi connectivity index (χ0) is 18.8. The minimum atomic E-state index is -1.28. The van der Waals surface area contributed by atoms with Crippen molar-refractivity contribution < 1.29 is 33.7 Å². The molecular weight excluding hydrogens is 330 g/mol. The minimum absolute atomic E-state index is 0.307. The lowest BCUT2D eigenvalue weighted by Crippen LogP contribution is -2.41. The van der Waals surface area contributed by atoms with Crippen LogP contribution in [0.4, 0.5) is 4.79 Å². The first-order valence-corrected chi connectivity index (χ1v) is 7.92. The normalized spacial score (nSPS) is 12.6. The average molecular weight is 353 g/mol. The molecule has 0 saturated heterocycles. The zero-order valence-electron chi connectivity index (χ0n) is 14.5. The fourth-order valence-electron chi connectivity index (χ4n) is 2.03. The molecule has 1 rings (SSSR count). The number of amides is 1. The van der Waals surface area contributed by atoms with Crippen molar-refractivity contribution >= 4 is 18.0 Å². The second-order valence-electron chi connectivity index (χ2n) is 5.31. The molecule has 0 spiro atoms. The molecule has 0 fully saturated rings. The van der Waals surface area contributed by atoms with Crippen molar-refractivity contribution in [2.75, 3.05) is 6.54 Å². The fourth-order valence-corrected chi connectivity index (χ4v) is 2.03. The Labute approximate surface area is 146 Å². The van der Waals surface area contributed by atoms with Gasteiger partial charge in [0.15, 0.2) is 0 Å². The van der Waals surface area contributed by atoms with Crippen LogP contribution in [0.15, 0.2) is 24.3 Å². The SMILES string of the molecule is CCCc1cccc(O[C@@H](CNC(=O)O[C@@H](C)OC(C)=O)C(=O)O)c1. The number of ether oxygens (including phenoxy) is 3. The Hall–Kier alpha value is -2.77. The quantitative estimate of drug-likeness (QED) is 0.516. The average Bonchev–Trinajstić information content (AvgIpc) is 2.51. The number of esters is 1. The Morgan fingerprint density at radius 3 is 2.56 bits per heavy atom. The Balaban J connectivity index is 2.57. The van der Waals surface area contributed by atoms with Crippen molar-refractivity contribution in [2.24, 2.45) is 0 Å². The Morgan fingerprint density at radius 2 is 1.96 bits per heavy atom. The number of hydrogen-bond acceptors (Lipinski definition) is 6. The summed E-state index contributed by atoms with van der Waals surface area (Å²) in [4.78, 5) is 33.6. The van der Waals surface area contributed by atoms with Gasteiger partial charge in [-0.05, 0) is 24.1 Å². The van der Waals surface area contributed by atoms with E-state index in [1.807, 2.05) is 13.0 Å². The summed E-state index contributed by atoms with van der Waals surface area (Å²) in [5.74, 6) is -1.42. The van der Waals surface area contributed by atoms with Crippen molar-refractivity contribution in [3.8, 4) is 5.75 Å². The minimum Gasteiger partial charge on any atom is -0.478 e. The predicted molar refractivity (Wildman–Crippen MR) is 88.2 cm³/mol. The van der Waals surface area contributed by atoms with Gasteiger partial charge in [0.1, 0.15) is 5.75 Å². The number of carbonyl (C=O) groups is 3. The third-order valence-corrected chi connectivity index (χ3v) is 3.03. The molecule has 0 radical (unpaired) electrons. The van der Waals surface area contributed by atoms with E-state index in [1.54, 1.807) is 18.2 Å². The van der Waals surface area contributed by atoms with E-state index in [1.165, 1.54) is 13.8 Å². The van der Waals surface area contributed by atoms with Crippen LogP contribution in [0.25, 0.3) is 0 Å². The van der Waals surface area contributed by atoms with Crippen LogP contribution in [0.1, 0.15) is 32.8 Å². The summed E-state index contributed by atoms with van der Waals surface area (Å²) in [6, 6.07) is 7.12. The molecule has 25 heavy (non-hydrogen) atoms. The predicted octanol–water partition coefficient (Wildman–Crippen LogP) is 2.11. The summed E-state index contributed by atoms with van der Waals surface area (Å²) >= 11 is 0. The Bertz CT molecular complexity index is 602. The maximum Gasteiger partial charge on any atom is 0.410 e. The number of aryl methyl sites for hydroxylation is 1. The van der Waals surface area contributed by atoms with E-state index in [9.17, 15) is 19.5 Å². The van der Waals surface area contributed by atoms with Crippen molar-refractivity contribution in [2.45, 2.75) is 46.0 Å².